The summed E-state index contributed by atoms with van der Waals surface area (Å²) in [5, 5.41) is 4.95. The molecular formula is C19H24FN3O4S2. The molecule has 0 spiro atoms. The fourth-order valence-electron chi connectivity index (χ4n) is 3.77. The normalized spacial score (nSPS) is 22.0. The van der Waals surface area contributed by atoms with Gasteiger partial charge in [0.2, 0.25) is 0 Å². The van der Waals surface area contributed by atoms with Crippen molar-refractivity contribution in [1.29, 1.82) is 0 Å². The van der Waals surface area contributed by atoms with Crippen molar-refractivity contribution >= 4 is 43.5 Å². The Bertz CT molecular complexity index is 1030. The topological polar surface area (TPSA) is 104 Å². The van der Waals surface area contributed by atoms with Gasteiger partial charge in [0.1, 0.15) is 10.9 Å². The second kappa shape index (κ2) is 8.25. The second-order valence-electron chi connectivity index (χ2n) is 7.67. The molecule has 2 aliphatic rings. The average Bonchev–Trinajstić information content (AvgIpc) is 3.28. The number of rotatable bonds is 6. The molecule has 1 fully saturated rings. The number of H-pyrrole nitrogens is 1. The lowest BCUT2D eigenvalue weighted by Crippen LogP contribution is -2.27. The predicted octanol–water partition coefficient (Wildman–Crippen LogP) is 3.28. The van der Waals surface area contributed by atoms with Crippen LogP contribution in [0.25, 0.3) is 10.9 Å². The fraction of sp³-hybridized carbons (Fsp3) is 0.526. The van der Waals surface area contributed by atoms with E-state index in [1.807, 2.05) is 6.07 Å². The van der Waals surface area contributed by atoms with Crippen molar-refractivity contribution < 1.29 is 22.1 Å². The zero-order valence-electron chi connectivity index (χ0n) is 16.0. The molecule has 0 aliphatic carbocycles. The Morgan fingerprint density at radius 2 is 2.14 bits per heavy atom. The number of aromatic amines is 1. The number of hydrogen-bond donors (Lipinski definition) is 3. The predicted molar refractivity (Wildman–Crippen MR) is 114 cm³/mol. The number of hydrogen-bond acceptors (Lipinski definition) is 6. The molecule has 1 saturated heterocycles. The van der Waals surface area contributed by atoms with Gasteiger partial charge in [0.05, 0.1) is 28.7 Å². The number of aromatic nitrogens is 1. The van der Waals surface area contributed by atoms with E-state index in [1.54, 1.807) is 6.92 Å². The monoisotopic (exact) mass is 441 g/mol. The highest BCUT2D eigenvalue weighted by Gasteiger charge is 2.28. The summed E-state index contributed by atoms with van der Waals surface area (Å²) in [5.41, 5.74) is 2.33. The van der Waals surface area contributed by atoms with E-state index in [-0.39, 0.29) is 29.6 Å². The Kier molecular flexibility index (Phi) is 5.87. The summed E-state index contributed by atoms with van der Waals surface area (Å²) in [7, 11) is -4.03. The maximum absolute atomic E-state index is 14.2. The second-order valence-corrected chi connectivity index (χ2v) is 10.2. The highest BCUT2D eigenvalue weighted by atomic mass is 32.2. The van der Waals surface area contributed by atoms with Gasteiger partial charge in [-0.15, -0.1) is 11.8 Å². The molecule has 1 aromatic carbocycles. The zero-order chi connectivity index (χ0) is 20.6. The standard InChI is InChI=1S/C19H24FN3O4S2/c1-11(10-29(24,25)26)17-9-28-19(23-17)16-7-12-6-13(20)8-15(18(12)22-16)21-14-2-4-27-5-3-14/h6-8,11,14,17,21-22H,2-5,9-10H2,1H3,(H,24,25,26)/t11?,17-/m0/s1. The molecule has 0 bridgehead atoms. The lowest BCUT2D eigenvalue weighted by atomic mass is 10.1. The summed E-state index contributed by atoms with van der Waals surface area (Å²) in [6, 6.07) is 4.90. The summed E-state index contributed by atoms with van der Waals surface area (Å²) < 4.78 is 50.9. The van der Waals surface area contributed by atoms with Crippen LogP contribution in [0.4, 0.5) is 10.1 Å². The summed E-state index contributed by atoms with van der Waals surface area (Å²) in [4.78, 5) is 8.00. The largest absolute Gasteiger partial charge is 0.381 e. The number of anilines is 1. The number of nitrogens with one attached hydrogen (secondary N) is 2. The summed E-state index contributed by atoms with van der Waals surface area (Å²) in [6.07, 6.45) is 1.75. The van der Waals surface area contributed by atoms with Crippen molar-refractivity contribution in [2.45, 2.75) is 31.8 Å². The molecule has 3 N–H and O–H groups in total. The van der Waals surface area contributed by atoms with Crippen LogP contribution >= 0.6 is 11.8 Å². The van der Waals surface area contributed by atoms with Crippen LogP contribution in [0.1, 0.15) is 25.5 Å². The number of nitrogens with zero attached hydrogens (tertiary/aromatic N) is 1. The van der Waals surface area contributed by atoms with Crippen molar-refractivity contribution in [3.63, 3.8) is 0 Å². The molecule has 29 heavy (non-hydrogen) atoms. The van der Waals surface area contributed by atoms with Crippen LogP contribution in [-0.2, 0) is 14.9 Å². The first-order valence-corrected chi connectivity index (χ1v) is 12.2. The van der Waals surface area contributed by atoms with Crippen LogP contribution in [0.15, 0.2) is 23.2 Å². The minimum absolute atomic E-state index is 0.195. The molecule has 158 valence electrons. The Morgan fingerprint density at radius 3 is 2.86 bits per heavy atom. The molecular weight excluding hydrogens is 417 g/mol. The molecule has 1 unspecified atom stereocenters. The van der Waals surface area contributed by atoms with Gasteiger partial charge in [-0.25, -0.2) is 4.39 Å². The van der Waals surface area contributed by atoms with E-state index in [0.717, 1.165) is 40.2 Å². The third-order valence-electron chi connectivity index (χ3n) is 5.31. The van der Waals surface area contributed by atoms with Crippen molar-refractivity contribution in [3.8, 4) is 0 Å². The van der Waals surface area contributed by atoms with E-state index in [2.05, 4.69) is 15.3 Å². The number of aliphatic imine (C=N–C) groups is 1. The van der Waals surface area contributed by atoms with E-state index >= 15 is 0 Å². The molecule has 1 aromatic heterocycles. The van der Waals surface area contributed by atoms with Gasteiger partial charge in [0.15, 0.2) is 0 Å². The van der Waals surface area contributed by atoms with Crippen molar-refractivity contribution in [2.75, 3.05) is 30.0 Å². The molecule has 0 amide bonds. The lowest BCUT2D eigenvalue weighted by molar-refractivity contribution is 0.0905. The van der Waals surface area contributed by atoms with E-state index in [1.165, 1.54) is 23.9 Å². The van der Waals surface area contributed by atoms with Gasteiger partial charge in [0, 0.05) is 30.4 Å². The first-order chi connectivity index (χ1) is 13.8. The lowest BCUT2D eigenvalue weighted by Gasteiger charge is -2.24. The highest BCUT2D eigenvalue weighted by molar-refractivity contribution is 8.14. The molecule has 2 aliphatic heterocycles. The van der Waals surface area contributed by atoms with Gasteiger partial charge in [0.25, 0.3) is 10.1 Å². The number of benzene rings is 1. The number of ether oxygens (including phenoxy) is 1. The fourth-order valence-corrected chi connectivity index (χ4v) is 5.86. The van der Waals surface area contributed by atoms with Crippen molar-refractivity contribution in [1.82, 2.24) is 4.98 Å². The summed E-state index contributed by atoms with van der Waals surface area (Å²) in [6.45, 7) is 3.16. The zero-order valence-corrected chi connectivity index (χ0v) is 17.7. The Labute approximate surface area is 173 Å². The average molecular weight is 442 g/mol. The number of fused-ring (bicyclic) bond motifs is 1. The van der Waals surface area contributed by atoms with Gasteiger partial charge >= 0.3 is 0 Å². The van der Waals surface area contributed by atoms with Gasteiger partial charge in [-0.1, -0.05) is 6.92 Å². The van der Waals surface area contributed by atoms with E-state index in [4.69, 9.17) is 9.29 Å². The quantitative estimate of drug-likeness (QED) is 0.595. The molecule has 3 heterocycles. The third kappa shape index (κ3) is 4.93. The first kappa shape index (κ1) is 20.6. The Hall–Kier alpha value is -1.62. The third-order valence-corrected chi connectivity index (χ3v) is 7.36. The summed E-state index contributed by atoms with van der Waals surface area (Å²) >= 11 is 1.53. The van der Waals surface area contributed by atoms with Crippen molar-refractivity contribution in [3.05, 3.63) is 29.7 Å². The maximum atomic E-state index is 14.2. The molecule has 0 radical (unpaired) electrons. The number of halogens is 1. The Balaban J connectivity index is 1.59. The molecule has 0 saturated carbocycles. The van der Waals surface area contributed by atoms with Crippen LogP contribution in [-0.4, -0.2) is 59.8 Å². The molecule has 2 atom stereocenters. The van der Waals surface area contributed by atoms with Crippen LogP contribution in [0.2, 0.25) is 0 Å². The van der Waals surface area contributed by atoms with Crippen LogP contribution in [0.3, 0.4) is 0 Å². The van der Waals surface area contributed by atoms with Gasteiger partial charge in [-0.05, 0) is 37.0 Å². The van der Waals surface area contributed by atoms with E-state index in [9.17, 15) is 12.8 Å². The highest BCUT2D eigenvalue weighted by Crippen LogP contribution is 2.32. The summed E-state index contributed by atoms with van der Waals surface area (Å²) in [5.74, 6) is -0.268. The molecule has 10 heteroatoms. The minimum Gasteiger partial charge on any atom is -0.381 e. The first-order valence-electron chi connectivity index (χ1n) is 9.61. The molecule has 4 rings (SSSR count). The van der Waals surface area contributed by atoms with E-state index in [0.29, 0.717) is 19.0 Å². The van der Waals surface area contributed by atoms with Crippen molar-refractivity contribution in [2.24, 2.45) is 10.9 Å². The smallest absolute Gasteiger partial charge is 0.265 e. The molecule has 7 nitrogen and oxygen atoms in total. The van der Waals surface area contributed by atoms with Crippen LogP contribution < -0.4 is 5.32 Å². The minimum atomic E-state index is -4.03. The molecule has 2 aromatic rings. The Morgan fingerprint density at radius 1 is 1.38 bits per heavy atom. The SMILES string of the molecule is CC(CS(=O)(=O)O)[C@@H]1CSC(c2cc3cc(F)cc(NC4CCOCC4)c3[nH]2)=N1. The van der Waals surface area contributed by atoms with Crippen LogP contribution in [0, 0.1) is 11.7 Å². The van der Waals surface area contributed by atoms with Gasteiger partial charge in [-0.2, -0.15) is 8.42 Å². The van der Waals surface area contributed by atoms with E-state index < -0.39 is 10.1 Å². The van der Waals surface area contributed by atoms with Gasteiger partial charge in [-0.3, -0.25) is 9.55 Å². The van der Waals surface area contributed by atoms with Crippen LogP contribution in [0.5, 0.6) is 0 Å². The number of thioether (sulfide) groups is 1. The maximum Gasteiger partial charge on any atom is 0.265 e. The van der Waals surface area contributed by atoms with Gasteiger partial charge < -0.3 is 15.0 Å².